The molecular weight excluding hydrogens is 362 g/mol. The first-order chi connectivity index (χ1) is 14.2. The lowest BCUT2D eigenvalue weighted by atomic mass is 10.1. The zero-order valence-electron chi connectivity index (χ0n) is 16.3. The Morgan fingerprint density at radius 1 is 0.931 bits per heavy atom. The van der Waals surface area contributed by atoms with E-state index in [0.29, 0.717) is 25.9 Å². The van der Waals surface area contributed by atoms with Crippen LogP contribution >= 0.6 is 0 Å². The molecule has 0 fully saturated rings. The standard InChI is InChI=1S/C25H25NO3/c27-23-16-20-8-4-5-9-22(20)25(23)26-24(28)15-12-18-10-13-21(14-11-18)29-17-19-6-2-1-3-7-19/h1-11,13-14,23,25,27H,12,15-17H2,(H,26,28)/t23?,25-/m0/s1. The van der Waals surface area contributed by atoms with Crippen molar-refractivity contribution in [1.29, 1.82) is 0 Å². The lowest BCUT2D eigenvalue weighted by Crippen LogP contribution is -2.33. The largest absolute Gasteiger partial charge is 0.489 e. The number of aryl methyl sites for hydroxylation is 1. The molecule has 1 amide bonds. The number of hydrogen-bond acceptors (Lipinski definition) is 3. The van der Waals surface area contributed by atoms with Crippen LogP contribution in [0.25, 0.3) is 0 Å². The van der Waals surface area contributed by atoms with Crippen LogP contribution in [-0.2, 0) is 24.2 Å². The molecule has 0 aliphatic heterocycles. The number of nitrogens with one attached hydrogen (secondary N) is 1. The molecule has 0 saturated heterocycles. The summed E-state index contributed by atoms with van der Waals surface area (Å²) in [6.45, 7) is 0.535. The van der Waals surface area contributed by atoms with Gasteiger partial charge in [-0.25, -0.2) is 0 Å². The van der Waals surface area contributed by atoms with Crippen molar-refractivity contribution in [2.75, 3.05) is 0 Å². The predicted molar refractivity (Wildman–Crippen MR) is 113 cm³/mol. The van der Waals surface area contributed by atoms with Crippen LogP contribution in [0.3, 0.4) is 0 Å². The van der Waals surface area contributed by atoms with Crippen molar-refractivity contribution in [1.82, 2.24) is 5.32 Å². The van der Waals surface area contributed by atoms with Gasteiger partial charge in [-0.05, 0) is 40.8 Å². The number of fused-ring (bicyclic) bond motifs is 1. The van der Waals surface area contributed by atoms with Gasteiger partial charge in [0.05, 0.1) is 12.1 Å². The fourth-order valence-corrected chi connectivity index (χ4v) is 3.74. The zero-order valence-corrected chi connectivity index (χ0v) is 16.3. The molecule has 1 aliphatic carbocycles. The topological polar surface area (TPSA) is 58.6 Å². The Kier molecular flexibility index (Phi) is 5.92. The Bertz CT molecular complexity index is 953. The molecule has 2 atom stereocenters. The van der Waals surface area contributed by atoms with Crippen molar-refractivity contribution < 1.29 is 14.6 Å². The highest BCUT2D eigenvalue weighted by atomic mass is 16.5. The van der Waals surface area contributed by atoms with Gasteiger partial charge in [-0.2, -0.15) is 0 Å². The Balaban J connectivity index is 1.26. The number of hydrogen-bond donors (Lipinski definition) is 2. The lowest BCUT2D eigenvalue weighted by molar-refractivity contribution is -0.122. The van der Waals surface area contributed by atoms with E-state index in [1.165, 1.54) is 0 Å². The summed E-state index contributed by atoms with van der Waals surface area (Å²) in [5.74, 6) is 0.767. The third kappa shape index (κ3) is 4.84. The van der Waals surface area contributed by atoms with Gasteiger partial charge in [0, 0.05) is 12.8 Å². The molecule has 0 spiro atoms. The van der Waals surface area contributed by atoms with E-state index in [1.54, 1.807) is 0 Å². The van der Waals surface area contributed by atoms with Crippen molar-refractivity contribution in [3.05, 3.63) is 101 Å². The van der Waals surface area contributed by atoms with E-state index < -0.39 is 6.10 Å². The number of aliphatic hydroxyl groups excluding tert-OH is 1. The zero-order chi connectivity index (χ0) is 20.1. The minimum absolute atomic E-state index is 0.0462. The molecule has 4 nitrogen and oxygen atoms in total. The van der Waals surface area contributed by atoms with Crippen molar-refractivity contribution in [2.45, 2.75) is 38.0 Å². The highest BCUT2D eigenvalue weighted by Gasteiger charge is 2.31. The number of aliphatic hydroxyl groups is 1. The average Bonchev–Trinajstić information content (AvgIpc) is 3.07. The van der Waals surface area contributed by atoms with Crippen LogP contribution in [0.2, 0.25) is 0 Å². The number of rotatable bonds is 7. The highest BCUT2D eigenvalue weighted by Crippen LogP contribution is 2.31. The van der Waals surface area contributed by atoms with E-state index >= 15 is 0 Å². The second-order valence-corrected chi connectivity index (χ2v) is 7.43. The molecule has 29 heavy (non-hydrogen) atoms. The molecule has 3 aromatic carbocycles. The van der Waals surface area contributed by atoms with Gasteiger partial charge in [-0.3, -0.25) is 4.79 Å². The number of amides is 1. The van der Waals surface area contributed by atoms with Crippen LogP contribution in [0.5, 0.6) is 5.75 Å². The molecule has 0 radical (unpaired) electrons. The second-order valence-electron chi connectivity index (χ2n) is 7.43. The maximum atomic E-state index is 12.4. The minimum atomic E-state index is -0.558. The molecule has 148 valence electrons. The van der Waals surface area contributed by atoms with Crippen LogP contribution < -0.4 is 10.1 Å². The lowest BCUT2D eigenvalue weighted by Gasteiger charge is -2.18. The summed E-state index contributed by atoms with van der Waals surface area (Å²) < 4.78 is 5.80. The van der Waals surface area contributed by atoms with Gasteiger partial charge < -0.3 is 15.2 Å². The van der Waals surface area contributed by atoms with E-state index in [1.807, 2.05) is 78.9 Å². The predicted octanol–water partition coefficient (Wildman–Crippen LogP) is 3.97. The fraction of sp³-hybridized carbons (Fsp3) is 0.240. The summed E-state index contributed by atoms with van der Waals surface area (Å²) >= 11 is 0. The normalized spacial score (nSPS) is 17.6. The van der Waals surface area contributed by atoms with Gasteiger partial charge in [0.15, 0.2) is 0 Å². The molecule has 0 aromatic heterocycles. The van der Waals surface area contributed by atoms with E-state index in [0.717, 1.165) is 28.0 Å². The number of carbonyl (C=O) groups is 1. The summed E-state index contributed by atoms with van der Waals surface area (Å²) in [6.07, 6.45) is 1.06. The molecule has 4 heteroatoms. The number of benzene rings is 3. The van der Waals surface area contributed by atoms with E-state index in [9.17, 15) is 9.90 Å². The van der Waals surface area contributed by atoms with Gasteiger partial charge in [-0.15, -0.1) is 0 Å². The highest BCUT2D eigenvalue weighted by molar-refractivity contribution is 5.77. The number of carbonyl (C=O) groups excluding carboxylic acids is 1. The molecule has 1 aliphatic rings. The Hall–Kier alpha value is -3.11. The van der Waals surface area contributed by atoms with Crippen molar-refractivity contribution in [3.8, 4) is 5.75 Å². The summed E-state index contributed by atoms with van der Waals surface area (Å²) in [4.78, 5) is 12.4. The Morgan fingerprint density at radius 3 is 2.45 bits per heavy atom. The molecule has 0 heterocycles. The second kappa shape index (κ2) is 8.93. The fourth-order valence-electron chi connectivity index (χ4n) is 3.74. The van der Waals surface area contributed by atoms with Gasteiger partial charge in [-0.1, -0.05) is 66.7 Å². The quantitative estimate of drug-likeness (QED) is 0.645. The minimum Gasteiger partial charge on any atom is -0.489 e. The summed E-state index contributed by atoms with van der Waals surface area (Å²) in [6, 6.07) is 25.5. The molecule has 2 N–H and O–H groups in total. The first-order valence-electron chi connectivity index (χ1n) is 10.00. The summed E-state index contributed by atoms with van der Waals surface area (Å²) in [7, 11) is 0. The van der Waals surface area contributed by atoms with Gasteiger partial charge in [0.25, 0.3) is 0 Å². The molecule has 1 unspecified atom stereocenters. The van der Waals surface area contributed by atoms with Crippen molar-refractivity contribution in [3.63, 3.8) is 0 Å². The first kappa shape index (κ1) is 19.2. The van der Waals surface area contributed by atoms with E-state index in [2.05, 4.69) is 5.32 Å². The third-order valence-electron chi connectivity index (χ3n) is 5.33. The van der Waals surface area contributed by atoms with E-state index in [-0.39, 0.29) is 11.9 Å². The van der Waals surface area contributed by atoms with Crippen LogP contribution in [0.4, 0.5) is 0 Å². The molecule has 0 bridgehead atoms. The molecule has 3 aromatic rings. The Morgan fingerprint density at radius 2 is 1.66 bits per heavy atom. The van der Waals surface area contributed by atoms with Gasteiger partial charge >= 0.3 is 0 Å². The third-order valence-corrected chi connectivity index (χ3v) is 5.33. The molecule has 0 saturated carbocycles. The summed E-state index contributed by atoms with van der Waals surface area (Å²) in [5.41, 5.74) is 4.34. The maximum absolute atomic E-state index is 12.4. The SMILES string of the molecule is O=C(CCc1ccc(OCc2ccccc2)cc1)N[C@H]1c2ccccc2CC1O. The van der Waals surface area contributed by atoms with Gasteiger partial charge in [0.2, 0.25) is 5.91 Å². The first-order valence-corrected chi connectivity index (χ1v) is 10.00. The monoisotopic (exact) mass is 387 g/mol. The van der Waals surface area contributed by atoms with Crippen LogP contribution in [0.15, 0.2) is 78.9 Å². The van der Waals surface area contributed by atoms with E-state index in [4.69, 9.17) is 4.74 Å². The number of ether oxygens (including phenoxy) is 1. The van der Waals surface area contributed by atoms with Crippen LogP contribution in [-0.4, -0.2) is 17.1 Å². The van der Waals surface area contributed by atoms with Crippen LogP contribution in [0.1, 0.15) is 34.7 Å². The van der Waals surface area contributed by atoms with Gasteiger partial charge in [0.1, 0.15) is 12.4 Å². The summed E-state index contributed by atoms with van der Waals surface area (Å²) in [5, 5.41) is 13.3. The van der Waals surface area contributed by atoms with Crippen molar-refractivity contribution in [2.24, 2.45) is 0 Å². The van der Waals surface area contributed by atoms with Crippen LogP contribution in [0, 0.1) is 0 Å². The molecular formula is C25H25NO3. The molecule has 4 rings (SSSR count). The Labute approximate surface area is 171 Å². The average molecular weight is 387 g/mol. The maximum Gasteiger partial charge on any atom is 0.220 e. The van der Waals surface area contributed by atoms with Crippen molar-refractivity contribution >= 4 is 5.91 Å². The smallest absolute Gasteiger partial charge is 0.220 e.